The van der Waals surface area contributed by atoms with E-state index in [9.17, 15) is 0 Å². The zero-order chi connectivity index (χ0) is 35.1. The number of pyridine rings is 2. The molecule has 0 unspecified atom stereocenters. The summed E-state index contributed by atoms with van der Waals surface area (Å²) in [6, 6.07) is 37.9. The Morgan fingerprint density at radius 3 is 1.94 bits per heavy atom. The molecule has 0 saturated heterocycles. The number of hydrogen-bond acceptors (Lipinski definition) is 1. The van der Waals surface area contributed by atoms with E-state index in [1.807, 2.05) is 39.6 Å². The van der Waals surface area contributed by atoms with E-state index in [2.05, 4.69) is 157 Å². The Morgan fingerprint density at radius 1 is 0.620 bits per heavy atom. The Morgan fingerprint density at radius 2 is 1.28 bits per heavy atom. The normalized spacial score (nSPS) is 11.6. The fourth-order valence-electron chi connectivity index (χ4n) is 6.24. The van der Waals surface area contributed by atoms with E-state index in [1.165, 1.54) is 9.96 Å². The van der Waals surface area contributed by atoms with Crippen molar-refractivity contribution in [2.24, 2.45) is 0 Å². The third-order valence-electron chi connectivity index (χ3n) is 9.18. The first-order valence-electron chi connectivity index (χ1n) is 16.8. The van der Waals surface area contributed by atoms with E-state index in [1.54, 1.807) is 0 Å². The van der Waals surface area contributed by atoms with E-state index >= 15 is 0 Å². The Balaban J connectivity index is 0.000000219. The Bertz CT molecular complexity index is 2290. The van der Waals surface area contributed by atoms with Crippen molar-refractivity contribution in [2.75, 3.05) is 0 Å². The van der Waals surface area contributed by atoms with Crippen LogP contribution in [-0.2, 0) is 25.5 Å². The minimum absolute atomic E-state index is 0. The second-order valence-corrected chi connectivity index (χ2v) is 25.5. The molecule has 0 amide bonds. The topological polar surface area (TPSA) is 20.9 Å². The van der Waals surface area contributed by atoms with E-state index in [0.29, 0.717) is 0 Å². The average Bonchev–Trinajstić information content (AvgIpc) is 3.44. The minimum Gasteiger partial charge on any atom is 0 e. The molecule has 5 heteroatoms. The summed E-state index contributed by atoms with van der Waals surface area (Å²) < 4.78 is 12.0. The molecule has 0 bridgehead atoms. The number of aromatic nitrogens is 2. The van der Waals surface area contributed by atoms with Crippen LogP contribution < -0.4 is 13.5 Å². The molecule has 7 aromatic rings. The second kappa shape index (κ2) is 14.5. The summed E-state index contributed by atoms with van der Waals surface area (Å²) in [5.74, 6) is 7.18. The van der Waals surface area contributed by atoms with E-state index in [-0.39, 0.29) is 25.5 Å². The Labute approximate surface area is 314 Å². The second-order valence-electron chi connectivity index (χ2n) is 14.8. The predicted octanol–water partition coefficient (Wildman–Crippen LogP) is 10.3. The first-order chi connectivity index (χ1) is 23.2. The molecule has 3 nitrogen and oxygen atoms in total. The van der Waals surface area contributed by atoms with Crippen molar-refractivity contribution in [3.8, 4) is 33.6 Å². The molecule has 50 heavy (non-hydrogen) atoms. The van der Waals surface area contributed by atoms with E-state index < -0.39 is 13.3 Å². The summed E-state index contributed by atoms with van der Waals surface area (Å²) in [6.07, 6.45) is 4.20. The van der Waals surface area contributed by atoms with Gasteiger partial charge >= 0.3 is 113 Å². The van der Waals surface area contributed by atoms with Crippen molar-refractivity contribution in [3.63, 3.8) is 0 Å². The maximum absolute atomic E-state index is 6.60. The Kier molecular flexibility index (Phi) is 10.7. The summed E-state index contributed by atoms with van der Waals surface area (Å²) in [6.45, 7) is 15.1. The zero-order valence-corrected chi connectivity index (χ0v) is 34.5. The van der Waals surface area contributed by atoms with E-state index in [4.69, 9.17) is 4.42 Å². The number of rotatable bonds is 4. The van der Waals surface area contributed by atoms with Gasteiger partial charge in [-0.2, -0.15) is 18.6 Å². The summed E-state index contributed by atoms with van der Waals surface area (Å²) in [4.78, 5) is 0. The van der Waals surface area contributed by atoms with Crippen LogP contribution in [0.5, 0.6) is 0 Å². The van der Waals surface area contributed by atoms with Gasteiger partial charge in [-0.25, -0.2) is 0 Å². The minimum atomic E-state index is -1.78. The molecular formula is C45H46GeIrN2O-2. The molecule has 0 aliphatic rings. The van der Waals surface area contributed by atoms with Crippen LogP contribution in [-0.4, -0.2) is 13.3 Å². The largest absolute Gasteiger partial charge is 0 e. The van der Waals surface area contributed by atoms with Gasteiger partial charge in [-0.3, -0.25) is 0 Å². The van der Waals surface area contributed by atoms with Crippen molar-refractivity contribution < 1.29 is 33.7 Å². The molecule has 0 aliphatic heterocycles. The van der Waals surface area contributed by atoms with Gasteiger partial charge in [0.25, 0.3) is 0 Å². The first kappa shape index (κ1) is 36.9. The van der Waals surface area contributed by atoms with Gasteiger partial charge in [-0.1, -0.05) is 92.6 Å². The molecule has 1 radical (unpaired) electrons. The van der Waals surface area contributed by atoms with Crippen molar-refractivity contribution in [1.29, 1.82) is 0 Å². The number of benzene rings is 4. The zero-order valence-electron chi connectivity index (χ0n) is 30.0. The summed E-state index contributed by atoms with van der Waals surface area (Å²) in [5.41, 5.74) is 11.5. The number of para-hydroxylation sites is 1. The summed E-state index contributed by atoms with van der Waals surface area (Å²) in [7, 11) is 8.37. The van der Waals surface area contributed by atoms with Crippen LogP contribution in [0.25, 0.3) is 55.6 Å². The Hall–Kier alpha value is -4.35. The fraction of sp³-hybridized carbons (Fsp3) is 0.156. The number of hydrogen-bond donors (Lipinski definition) is 0. The van der Waals surface area contributed by atoms with Crippen LogP contribution in [0.3, 0.4) is 0 Å². The van der Waals surface area contributed by atoms with Crippen LogP contribution in [0.1, 0.15) is 37.5 Å². The van der Waals surface area contributed by atoms with Crippen LogP contribution in [0.4, 0.5) is 0 Å². The third-order valence-corrected chi connectivity index (χ3v) is 13.4. The van der Waals surface area contributed by atoms with Crippen molar-refractivity contribution in [3.05, 3.63) is 166 Å². The van der Waals surface area contributed by atoms with Crippen molar-refractivity contribution in [2.45, 2.75) is 43.5 Å². The average molecular weight is 896 g/mol. The quantitative estimate of drug-likeness (QED) is 0.0980. The first-order valence-corrected chi connectivity index (χ1v) is 24.1. The molecule has 3 heterocycles. The maximum Gasteiger partial charge on any atom is 0 e. The van der Waals surface area contributed by atoms with Crippen LogP contribution in [0, 0.1) is 27.9 Å². The summed E-state index contributed by atoms with van der Waals surface area (Å²) in [5, 5.41) is 2.21. The number of furan rings is 1. The van der Waals surface area contributed by atoms with E-state index in [0.717, 1.165) is 66.7 Å². The van der Waals surface area contributed by atoms with Gasteiger partial charge in [0, 0.05) is 43.5 Å². The maximum atomic E-state index is 6.60. The molecule has 0 aliphatic carbocycles. The van der Waals surface area contributed by atoms with Crippen LogP contribution in [0.15, 0.2) is 126 Å². The van der Waals surface area contributed by atoms with Gasteiger partial charge in [0.15, 0.2) is 0 Å². The molecule has 0 atom stereocenters. The molecule has 0 N–H and O–H groups in total. The molecule has 3 aromatic heterocycles. The van der Waals surface area contributed by atoms with Crippen molar-refractivity contribution >= 4 is 39.6 Å². The predicted molar refractivity (Wildman–Crippen MR) is 209 cm³/mol. The molecule has 7 rings (SSSR count). The molecule has 4 aromatic carbocycles. The monoisotopic (exact) mass is 897 g/mol. The van der Waals surface area contributed by atoms with Gasteiger partial charge in [0.05, 0.1) is 17.5 Å². The van der Waals surface area contributed by atoms with Gasteiger partial charge < -0.3 is 8.98 Å². The molecule has 0 saturated carbocycles. The fourth-order valence-corrected chi connectivity index (χ4v) is 8.61. The van der Waals surface area contributed by atoms with Gasteiger partial charge in [0.2, 0.25) is 0 Å². The van der Waals surface area contributed by atoms with Crippen molar-refractivity contribution in [1.82, 2.24) is 0 Å². The molecule has 0 spiro atoms. The SMILES string of the molecule is [CH2-]c1ccc2c(oc3c(-c4ccccc4)cccc32)c1-c1cc(C(C)(C)C)cc[n+]1[CH2-].[CH2-]c1ccccc1-c1cc[c]([Ge]([CH3])([CH3])[CH3])c[n+]1[CH2-].[Ir]. The van der Waals surface area contributed by atoms with Gasteiger partial charge in [0.1, 0.15) is 5.58 Å². The molecular weight excluding hydrogens is 849 g/mol. The smallest absolute Gasteiger partial charge is 0 e. The molecule has 0 fully saturated rings. The van der Waals surface area contributed by atoms with Crippen LogP contribution >= 0.6 is 0 Å². The van der Waals surface area contributed by atoms with Gasteiger partial charge in [-0.05, 0) is 11.0 Å². The number of fused-ring (bicyclic) bond motifs is 3. The third kappa shape index (κ3) is 7.39. The van der Waals surface area contributed by atoms with Crippen LogP contribution in [0.2, 0.25) is 17.3 Å². The number of nitrogens with zero attached hydrogens (tertiary/aromatic N) is 2. The standard InChI is InChI=1S/C29H26NO.C16H20GeN.Ir/c1-19-14-15-24-23-13-9-12-22(20-10-7-6-8-11-20)27(23)31-28(24)26(19)25-18-21(29(2,3)4)16-17-30(25)5;1-13-8-6-7-9-15(13)16-11-10-14(12-18(16)5)17(2,3)4;/h6-18H,1,5H2,2-4H3;6-12H,1,5H2,2-4H3;/q2*-1;. The summed E-state index contributed by atoms with van der Waals surface area (Å²) >= 11 is -1.78. The van der Waals surface area contributed by atoms with Gasteiger partial charge in [-0.15, -0.1) is 6.07 Å². The molecule has 257 valence electrons.